The van der Waals surface area contributed by atoms with Crippen LogP contribution in [0.1, 0.15) is 22.0 Å². The number of anilines is 1. The molecule has 5 nitrogen and oxygen atoms in total. The standard InChI is InChI=1S/C15H14N2O3S/c16-14(21)13(11-8-4-5-9-12(11)17-19)20-15(18)10-6-2-1-3-7-10/h1-9,13,17,19H,(H2,16,21). The molecule has 1 unspecified atom stereocenters. The average Bonchev–Trinajstić information content (AvgIpc) is 2.53. The van der Waals surface area contributed by atoms with Crippen LogP contribution in [0.5, 0.6) is 0 Å². The van der Waals surface area contributed by atoms with Crippen LogP contribution in [0.2, 0.25) is 0 Å². The third kappa shape index (κ3) is 3.56. The number of hydrogen-bond acceptors (Lipinski definition) is 5. The van der Waals surface area contributed by atoms with Crippen LogP contribution in [0.25, 0.3) is 0 Å². The van der Waals surface area contributed by atoms with Crippen molar-refractivity contribution in [2.45, 2.75) is 6.10 Å². The normalized spacial score (nSPS) is 11.5. The summed E-state index contributed by atoms with van der Waals surface area (Å²) >= 11 is 4.97. The van der Waals surface area contributed by atoms with Gasteiger partial charge in [0.1, 0.15) is 4.99 Å². The molecule has 0 spiro atoms. The Balaban J connectivity index is 2.28. The van der Waals surface area contributed by atoms with Crippen LogP contribution in [0, 0.1) is 0 Å². The van der Waals surface area contributed by atoms with E-state index >= 15 is 0 Å². The van der Waals surface area contributed by atoms with E-state index in [-0.39, 0.29) is 4.99 Å². The van der Waals surface area contributed by atoms with Crippen molar-refractivity contribution in [2.24, 2.45) is 5.73 Å². The first-order valence-corrected chi connectivity index (χ1v) is 6.58. The highest BCUT2D eigenvalue weighted by Crippen LogP contribution is 2.26. The predicted molar refractivity (Wildman–Crippen MR) is 83.2 cm³/mol. The zero-order chi connectivity index (χ0) is 15.2. The molecular formula is C15H14N2O3S. The van der Waals surface area contributed by atoms with Crippen molar-refractivity contribution in [3.05, 3.63) is 65.7 Å². The number of para-hydroxylation sites is 1. The van der Waals surface area contributed by atoms with Gasteiger partial charge in [-0.3, -0.25) is 10.7 Å². The fourth-order valence-corrected chi connectivity index (χ4v) is 2.03. The Morgan fingerprint density at radius 2 is 1.76 bits per heavy atom. The number of nitrogens with two attached hydrogens (primary N) is 1. The van der Waals surface area contributed by atoms with E-state index in [0.717, 1.165) is 0 Å². The number of nitrogens with one attached hydrogen (secondary N) is 1. The molecule has 0 heterocycles. The molecule has 2 aromatic rings. The van der Waals surface area contributed by atoms with Crippen molar-refractivity contribution in [3.8, 4) is 0 Å². The van der Waals surface area contributed by atoms with Gasteiger partial charge in [-0.1, -0.05) is 48.6 Å². The van der Waals surface area contributed by atoms with Gasteiger partial charge in [-0.25, -0.2) is 4.79 Å². The lowest BCUT2D eigenvalue weighted by molar-refractivity contribution is 0.0425. The van der Waals surface area contributed by atoms with Gasteiger partial charge in [0.15, 0.2) is 6.10 Å². The summed E-state index contributed by atoms with van der Waals surface area (Å²) in [5, 5.41) is 9.13. The van der Waals surface area contributed by atoms with Crippen molar-refractivity contribution in [2.75, 3.05) is 5.48 Å². The molecule has 1 atom stereocenters. The topological polar surface area (TPSA) is 84.6 Å². The summed E-state index contributed by atoms with van der Waals surface area (Å²) in [7, 11) is 0. The van der Waals surface area contributed by atoms with Crippen LogP contribution in [0.4, 0.5) is 5.69 Å². The molecule has 0 radical (unpaired) electrons. The first kappa shape index (κ1) is 15.0. The maximum Gasteiger partial charge on any atom is 0.339 e. The summed E-state index contributed by atoms with van der Waals surface area (Å²) < 4.78 is 5.37. The van der Waals surface area contributed by atoms with Crippen molar-refractivity contribution in [1.82, 2.24) is 0 Å². The number of hydrogen-bond donors (Lipinski definition) is 3. The van der Waals surface area contributed by atoms with E-state index < -0.39 is 12.1 Å². The second kappa shape index (κ2) is 6.83. The molecule has 2 aromatic carbocycles. The van der Waals surface area contributed by atoms with Crippen molar-refractivity contribution >= 4 is 28.9 Å². The summed E-state index contributed by atoms with van der Waals surface area (Å²) in [5.41, 5.74) is 8.95. The Hall–Kier alpha value is -2.44. The lowest BCUT2D eigenvalue weighted by atomic mass is 10.1. The van der Waals surface area contributed by atoms with Crippen LogP contribution >= 0.6 is 12.2 Å². The molecular weight excluding hydrogens is 288 g/mol. The molecule has 0 fully saturated rings. The van der Waals surface area contributed by atoms with Gasteiger partial charge in [0, 0.05) is 5.56 Å². The summed E-state index contributed by atoms with van der Waals surface area (Å²) in [4.78, 5) is 12.1. The number of esters is 1. The number of benzene rings is 2. The highest BCUT2D eigenvalue weighted by atomic mass is 32.1. The molecule has 21 heavy (non-hydrogen) atoms. The smallest absolute Gasteiger partial charge is 0.339 e. The number of rotatable bonds is 5. The fraction of sp³-hybridized carbons (Fsp3) is 0.0667. The number of carbonyl (C=O) groups is 1. The minimum atomic E-state index is -0.927. The van der Waals surface area contributed by atoms with Crippen molar-refractivity contribution < 1.29 is 14.7 Å². The summed E-state index contributed by atoms with van der Waals surface area (Å²) in [5.74, 6) is -0.541. The monoisotopic (exact) mass is 302 g/mol. The Labute approximate surface area is 127 Å². The zero-order valence-corrected chi connectivity index (χ0v) is 11.8. The Bertz CT molecular complexity index is 646. The minimum Gasteiger partial charge on any atom is -0.446 e. The third-order valence-corrected chi connectivity index (χ3v) is 3.07. The summed E-state index contributed by atoms with van der Waals surface area (Å²) in [6.07, 6.45) is -0.927. The van der Waals surface area contributed by atoms with E-state index in [1.54, 1.807) is 54.6 Å². The molecule has 0 amide bonds. The van der Waals surface area contributed by atoms with E-state index in [4.69, 9.17) is 27.9 Å². The SMILES string of the molecule is NC(=S)C(OC(=O)c1ccccc1)c1ccccc1NO. The van der Waals surface area contributed by atoms with E-state index in [0.29, 0.717) is 16.8 Å². The second-order valence-corrected chi connectivity index (χ2v) is 4.72. The van der Waals surface area contributed by atoms with Gasteiger partial charge in [0.25, 0.3) is 0 Å². The van der Waals surface area contributed by atoms with E-state index in [2.05, 4.69) is 0 Å². The first-order valence-electron chi connectivity index (χ1n) is 6.18. The molecule has 0 aromatic heterocycles. The van der Waals surface area contributed by atoms with Crippen LogP contribution in [0.3, 0.4) is 0 Å². The largest absolute Gasteiger partial charge is 0.446 e. The van der Waals surface area contributed by atoms with Crippen LogP contribution in [0.15, 0.2) is 54.6 Å². The lowest BCUT2D eigenvalue weighted by Gasteiger charge is -2.19. The Morgan fingerprint density at radius 1 is 1.14 bits per heavy atom. The highest BCUT2D eigenvalue weighted by molar-refractivity contribution is 7.80. The predicted octanol–water partition coefficient (Wildman–Crippen LogP) is 2.67. The first-order chi connectivity index (χ1) is 10.1. The van der Waals surface area contributed by atoms with E-state index in [9.17, 15) is 4.79 Å². The van der Waals surface area contributed by atoms with E-state index in [1.807, 2.05) is 5.48 Å². The second-order valence-electron chi connectivity index (χ2n) is 4.25. The Morgan fingerprint density at radius 3 is 2.38 bits per heavy atom. The molecule has 2 rings (SSSR count). The van der Waals surface area contributed by atoms with E-state index in [1.165, 1.54) is 0 Å². The quantitative estimate of drug-likeness (QED) is 0.447. The van der Waals surface area contributed by atoms with Gasteiger partial charge in [-0.15, -0.1) is 0 Å². The summed E-state index contributed by atoms with van der Waals surface area (Å²) in [6.45, 7) is 0. The molecule has 0 bridgehead atoms. The van der Waals surface area contributed by atoms with Crippen molar-refractivity contribution in [1.29, 1.82) is 0 Å². The summed E-state index contributed by atoms with van der Waals surface area (Å²) in [6, 6.07) is 15.3. The minimum absolute atomic E-state index is 0.00183. The maximum atomic E-state index is 12.1. The molecule has 6 heteroatoms. The van der Waals surface area contributed by atoms with Gasteiger partial charge >= 0.3 is 5.97 Å². The molecule has 0 aliphatic heterocycles. The number of thiocarbonyl (C=S) groups is 1. The molecule has 0 saturated heterocycles. The molecule has 108 valence electrons. The zero-order valence-electron chi connectivity index (χ0n) is 11.0. The van der Waals surface area contributed by atoms with Crippen LogP contribution in [-0.4, -0.2) is 16.2 Å². The maximum absolute atomic E-state index is 12.1. The number of carbonyl (C=O) groups excluding carboxylic acids is 1. The number of ether oxygens (including phenoxy) is 1. The van der Waals surface area contributed by atoms with Gasteiger partial charge in [-0.05, 0) is 18.2 Å². The Kier molecular flexibility index (Phi) is 4.86. The van der Waals surface area contributed by atoms with Gasteiger partial charge < -0.3 is 10.5 Å². The van der Waals surface area contributed by atoms with Crippen molar-refractivity contribution in [3.63, 3.8) is 0 Å². The molecule has 0 aliphatic rings. The molecule has 4 N–H and O–H groups in total. The van der Waals surface area contributed by atoms with Gasteiger partial charge in [0.2, 0.25) is 0 Å². The fourth-order valence-electron chi connectivity index (χ4n) is 1.85. The van der Waals surface area contributed by atoms with Gasteiger partial charge in [0.05, 0.1) is 11.3 Å². The highest BCUT2D eigenvalue weighted by Gasteiger charge is 2.23. The third-order valence-electron chi connectivity index (χ3n) is 2.86. The van der Waals surface area contributed by atoms with Crippen LogP contribution in [-0.2, 0) is 4.74 Å². The van der Waals surface area contributed by atoms with Crippen LogP contribution < -0.4 is 11.2 Å². The average molecular weight is 302 g/mol. The van der Waals surface area contributed by atoms with Gasteiger partial charge in [-0.2, -0.15) is 0 Å². The lowest BCUT2D eigenvalue weighted by Crippen LogP contribution is -2.25. The molecule has 0 saturated carbocycles. The molecule has 0 aliphatic carbocycles.